The summed E-state index contributed by atoms with van der Waals surface area (Å²) in [6, 6.07) is 7.75. The van der Waals surface area contributed by atoms with Gasteiger partial charge in [-0.15, -0.1) is 17.5 Å². The molecular formula is C19H25ClN8O. The van der Waals surface area contributed by atoms with Crippen molar-refractivity contribution in [3.63, 3.8) is 0 Å². The molecule has 0 spiro atoms. The molecule has 0 saturated carbocycles. The molecule has 3 N–H and O–H groups in total. The molecule has 1 amide bonds. The van der Waals surface area contributed by atoms with Gasteiger partial charge in [0.1, 0.15) is 5.82 Å². The number of rotatable bonds is 5. The first kappa shape index (κ1) is 20.9. The van der Waals surface area contributed by atoms with Crippen LogP contribution in [0.1, 0.15) is 55.0 Å². The van der Waals surface area contributed by atoms with Gasteiger partial charge in [0.15, 0.2) is 11.5 Å². The Bertz CT molecular complexity index is 961. The molecule has 0 atom stereocenters. The Morgan fingerprint density at radius 3 is 2.72 bits per heavy atom. The number of para-hydroxylation sites is 1. The molecule has 1 aliphatic rings. The highest BCUT2D eigenvalue weighted by atomic mass is 35.5. The third-order valence-corrected chi connectivity index (χ3v) is 4.89. The quantitative estimate of drug-likeness (QED) is 0.589. The lowest BCUT2D eigenvalue weighted by Crippen LogP contribution is -2.29. The average Bonchev–Trinajstić information content (AvgIpc) is 3.39. The zero-order valence-electron chi connectivity index (χ0n) is 16.4. The highest BCUT2D eigenvalue weighted by Gasteiger charge is 2.20. The number of amides is 1. The number of carbonyl (C=O) groups excluding carboxylic acids is 1. The first-order valence-corrected chi connectivity index (χ1v) is 9.57. The van der Waals surface area contributed by atoms with E-state index in [1.54, 1.807) is 10.9 Å². The fourth-order valence-electron chi connectivity index (χ4n) is 3.26. The van der Waals surface area contributed by atoms with Crippen molar-refractivity contribution >= 4 is 24.0 Å². The molecule has 1 fully saturated rings. The molecule has 1 aliphatic heterocycles. The minimum atomic E-state index is -0.299. The van der Waals surface area contributed by atoms with E-state index in [2.05, 4.69) is 36.1 Å². The van der Waals surface area contributed by atoms with Gasteiger partial charge in [-0.2, -0.15) is 5.10 Å². The third-order valence-electron chi connectivity index (χ3n) is 4.89. The SMILES string of the molecule is CC(C)c1nc(-c2ccccc2NC(=O)c2cn(C3CCNCC3)nn2)n[nH]1.Cl. The van der Waals surface area contributed by atoms with Crippen LogP contribution in [-0.2, 0) is 0 Å². The summed E-state index contributed by atoms with van der Waals surface area (Å²) in [5.74, 6) is 1.30. The van der Waals surface area contributed by atoms with Crippen molar-refractivity contribution in [2.45, 2.75) is 38.6 Å². The summed E-state index contributed by atoms with van der Waals surface area (Å²) in [6.07, 6.45) is 3.68. The number of aromatic amines is 1. The van der Waals surface area contributed by atoms with Crippen molar-refractivity contribution < 1.29 is 4.79 Å². The molecule has 10 heteroatoms. The van der Waals surface area contributed by atoms with Gasteiger partial charge in [-0.25, -0.2) is 9.67 Å². The van der Waals surface area contributed by atoms with Crippen LogP contribution in [0.3, 0.4) is 0 Å². The van der Waals surface area contributed by atoms with Gasteiger partial charge in [-0.1, -0.05) is 31.2 Å². The van der Waals surface area contributed by atoms with Crippen molar-refractivity contribution in [3.05, 3.63) is 42.0 Å². The molecule has 0 radical (unpaired) electrons. The number of aromatic nitrogens is 6. The Balaban J connectivity index is 0.00000240. The van der Waals surface area contributed by atoms with Crippen LogP contribution in [0.15, 0.2) is 30.5 Å². The summed E-state index contributed by atoms with van der Waals surface area (Å²) in [5, 5.41) is 21.7. The van der Waals surface area contributed by atoms with Crippen LogP contribution in [0.2, 0.25) is 0 Å². The Hall–Kier alpha value is -2.78. The molecule has 3 aromatic rings. The summed E-state index contributed by atoms with van der Waals surface area (Å²) in [5.41, 5.74) is 1.69. The number of nitrogens with one attached hydrogen (secondary N) is 3. The van der Waals surface area contributed by atoms with Crippen molar-refractivity contribution in [1.29, 1.82) is 0 Å². The van der Waals surface area contributed by atoms with E-state index in [0.717, 1.165) is 37.3 Å². The predicted octanol–water partition coefficient (Wildman–Crippen LogP) is 2.79. The molecule has 3 heterocycles. The number of halogens is 1. The Morgan fingerprint density at radius 2 is 2.00 bits per heavy atom. The highest BCUT2D eigenvalue weighted by molar-refractivity contribution is 6.04. The predicted molar refractivity (Wildman–Crippen MR) is 112 cm³/mol. The molecule has 2 aromatic heterocycles. The lowest BCUT2D eigenvalue weighted by molar-refractivity contribution is 0.102. The minimum Gasteiger partial charge on any atom is -0.320 e. The van der Waals surface area contributed by atoms with Gasteiger partial charge in [0, 0.05) is 11.5 Å². The van der Waals surface area contributed by atoms with Gasteiger partial charge in [-0.05, 0) is 38.1 Å². The van der Waals surface area contributed by atoms with E-state index in [1.165, 1.54) is 0 Å². The van der Waals surface area contributed by atoms with Gasteiger partial charge in [0.25, 0.3) is 5.91 Å². The van der Waals surface area contributed by atoms with E-state index in [4.69, 9.17) is 0 Å². The van der Waals surface area contributed by atoms with Crippen molar-refractivity contribution in [2.24, 2.45) is 0 Å². The van der Waals surface area contributed by atoms with Gasteiger partial charge >= 0.3 is 0 Å². The Labute approximate surface area is 175 Å². The number of anilines is 1. The summed E-state index contributed by atoms with van der Waals surface area (Å²) in [4.78, 5) is 17.2. The molecule has 154 valence electrons. The summed E-state index contributed by atoms with van der Waals surface area (Å²) in [7, 11) is 0. The zero-order chi connectivity index (χ0) is 19.5. The van der Waals surface area contributed by atoms with Crippen LogP contribution in [-0.4, -0.2) is 49.2 Å². The molecular weight excluding hydrogens is 392 g/mol. The monoisotopic (exact) mass is 416 g/mol. The van der Waals surface area contributed by atoms with E-state index in [-0.39, 0.29) is 30.3 Å². The van der Waals surface area contributed by atoms with Crippen molar-refractivity contribution in [1.82, 2.24) is 35.5 Å². The smallest absolute Gasteiger partial charge is 0.277 e. The maximum Gasteiger partial charge on any atom is 0.277 e. The second kappa shape index (κ2) is 9.15. The summed E-state index contributed by atoms with van der Waals surface area (Å²) < 4.78 is 1.80. The molecule has 0 bridgehead atoms. The summed E-state index contributed by atoms with van der Waals surface area (Å²) >= 11 is 0. The summed E-state index contributed by atoms with van der Waals surface area (Å²) in [6.45, 7) is 6.00. The highest BCUT2D eigenvalue weighted by Crippen LogP contribution is 2.26. The van der Waals surface area contributed by atoms with Crippen molar-refractivity contribution in [3.8, 4) is 11.4 Å². The normalized spacial score (nSPS) is 14.6. The van der Waals surface area contributed by atoms with E-state index in [9.17, 15) is 4.79 Å². The molecule has 0 unspecified atom stereocenters. The third kappa shape index (κ3) is 4.63. The minimum absolute atomic E-state index is 0. The molecule has 9 nitrogen and oxygen atoms in total. The van der Waals surface area contributed by atoms with Crippen LogP contribution >= 0.6 is 12.4 Å². The lowest BCUT2D eigenvalue weighted by atomic mass is 10.1. The number of hydrogen-bond acceptors (Lipinski definition) is 6. The van der Waals surface area contributed by atoms with E-state index < -0.39 is 0 Å². The lowest BCUT2D eigenvalue weighted by Gasteiger charge is -2.22. The first-order valence-electron chi connectivity index (χ1n) is 9.57. The number of nitrogens with zero attached hydrogens (tertiary/aromatic N) is 5. The number of carbonyl (C=O) groups is 1. The standard InChI is InChI=1S/C19H24N8O.ClH/c1-12(2)17-22-18(25-24-17)14-5-3-4-6-15(14)21-19(28)16-11-27(26-23-16)13-7-9-20-10-8-13;/h3-6,11-13,20H,7-10H2,1-2H3,(H,21,28)(H,22,24,25);1H. The molecule has 0 aliphatic carbocycles. The van der Waals surface area contributed by atoms with Gasteiger partial charge in [-0.3, -0.25) is 9.89 Å². The number of piperidine rings is 1. The Morgan fingerprint density at radius 1 is 1.24 bits per heavy atom. The fraction of sp³-hybridized carbons (Fsp3) is 0.421. The molecule has 1 saturated heterocycles. The van der Waals surface area contributed by atoms with Gasteiger partial charge in [0.05, 0.1) is 17.9 Å². The molecule has 29 heavy (non-hydrogen) atoms. The topological polar surface area (TPSA) is 113 Å². The van der Waals surface area contributed by atoms with E-state index in [1.807, 2.05) is 38.1 Å². The molecule has 4 rings (SSSR count). The van der Waals surface area contributed by atoms with Crippen LogP contribution in [0.4, 0.5) is 5.69 Å². The fourth-order valence-corrected chi connectivity index (χ4v) is 3.26. The van der Waals surface area contributed by atoms with E-state index in [0.29, 0.717) is 17.2 Å². The second-order valence-corrected chi connectivity index (χ2v) is 7.26. The Kier molecular flexibility index (Phi) is 6.60. The van der Waals surface area contributed by atoms with Crippen molar-refractivity contribution in [2.75, 3.05) is 18.4 Å². The van der Waals surface area contributed by atoms with E-state index >= 15 is 0 Å². The zero-order valence-corrected chi connectivity index (χ0v) is 17.2. The second-order valence-electron chi connectivity index (χ2n) is 7.26. The maximum absolute atomic E-state index is 12.7. The number of benzene rings is 1. The van der Waals surface area contributed by atoms with Gasteiger partial charge < -0.3 is 10.6 Å². The van der Waals surface area contributed by atoms with Crippen LogP contribution in [0, 0.1) is 0 Å². The first-order chi connectivity index (χ1) is 13.6. The van der Waals surface area contributed by atoms with Crippen LogP contribution < -0.4 is 10.6 Å². The largest absolute Gasteiger partial charge is 0.320 e. The number of H-pyrrole nitrogens is 1. The molecule has 1 aromatic carbocycles. The van der Waals surface area contributed by atoms with Crippen LogP contribution in [0.5, 0.6) is 0 Å². The van der Waals surface area contributed by atoms with Crippen LogP contribution in [0.25, 0.3) is 11.4 Å². The van der Waals surface area contributed by atoms with Gasteiger partial charge in [0.2, 0.25) is 0 Å². The average molecular weight is 417 g/mol. The maximum atomic E-state index is 12.7. The number of hydrogen-bond donors (Lipinski definition) is 3.